The van der Waals surface area contributed by atoms with Gasteiger partial charge in [0.05, 0.1) is 35.5 Å². The van der Waals surface area contributed by atoms with E-state index in [2.05, 4.69) is 10.6 Å². The number of hydrogen-bond acceptors (Lipinski definition) is 4. The van der Waals surface area contributed by atoms with Gasteiger partial charge in [-0.1, -0.05) is 60.7 Å². The summed E-state index contributed by atoms with van der Waals surface area (Å²) in [5.74, 6) is -0.466. The average molecular weight is 393 g/mol. The largest absolute Gasteiger partial charge is 0.350 e. The number of hydrogen-bond donors (Lipinski definition) is 2. The number of alkyl halides is 1. The SMILES string of the molecule is O=C(CNC(c1ccccc1)c1ccccc1)N[C@@H]1CS(=O)(=O)C[C@H]1Cl. The molecule has 0 unspecified atom stereocenters. The maximum atomic E-state index is 12.3. The highest BCUT2D eigenvalue weighted by Gasteiger charge is 2.37. The third-order valence-corrected chi connectivity index (χ3v) is 6.74. The highest BCUT2D eigenvalue weighted by molar-refractivity contribution is 7.91. The van der Waals surface area contributed by atoms with Gasteiger partial charge in [0.25, 0.3) is 0 Å². The van der Waals surface area contributed by atoms with Crippen LogP contribution in [-0.4, -0.2) is 43.8 Å². The molecule has 0 spiro atoms. The van der Waals surface area contributed by atoms with Crippen LogP contribution in [0.25, 0.3) is 0 Å². The predicted molar refractivity (Wildman–Crippen MR) is 103 cm³/mol. The summed E-state index contributed by atoms with van der Waals surface area (Å²) in [6.45, 7) is 0.0641. The van der Waals surface area contributed by atoms with Crippen LogP contribution in [-0.2, 0) is 14.6 Å². The molecule has 2 N–H and O–H groups in total. The van der Waals surface area contributed by atoms with Crippen LogP contribution >= 0.6 is 11.6 Å². The fourth-order valence-corrected chi connectivity index (χ4v) is 5.66. The monoisotopic (exact) mass is 392 g/mol. The number of halogens is 1. The van der Waals surface area contributed by atoms with Crippen molar-refractivity contribution >= 4 is 27.3 Å². The van der Waals surface area contributed by atoms with Gasteiger partial charge in [-0.2, -0.15) is 0 Å². The van der Waals surface area contributed by atoms with Gasteiger partial charge in [-0.15, -0.1) is 11.6 Å². The van der Waals surface area contributed by atoms with E-state index in [-0.39, 0.29) is 30.0 Å². The summed E-state index contributed by atoms with van der Waals surface area (Å²) in [5.41, 5.74) is 2.09. The lowest BCUT2D eigenvalue weighted by Crippen LogP contribution is -2.45. The first kappa shape index (κ1) is 18.9. The van der Waals surface area contributed by atoms with E-state index in [0.717, 1.165) is 11.1 Å². The van der Waals surface area contributed by atoms with Crippen molar-refractivity contribution in [3.63, 3.8) is 0 Å². The average Bonchev–Trinajstić information content (AvgIpc) is 2.88. The maximum absolute atomic E-state index is 12.3. The zero-order valence-corrected chi connectivity index (χ0v) is 15.7. The molecule has 1 fully saturated rings. The second kappa shape index (κ2) is 8.20. The zero-order valence-electron chi connectivity index (χ0n) is 14.1. The smallest absolute Gasteiger partial charge is 0.234 e. The van der Waals surface area contributed by atoms with Crippen molar-refractivity contribution in [2.45, 2.75) is 17.5 Å². The first-order valence-electron chi connectivity index (χ1n) is 8.42. The number of rotatable bonds is 6. The highest BCUT2D eigenvalue weighted by Crippen LogP contribution is 2.21. The minimum atomic E-state index is -3.17. The Kier molecular flexibility index (Phi) is 5.96. The lowest BCUT2D eigenvalue weighted by molar-refractivity contribution is -0.120. The fraction of sp³-hybridized carbons (Fsp3) is 0.316. The molecule has 0 saturated carbocycles. The first-order chi connectivity index (χ1) is 12.4. The molecule has 0 aromatic heterocycles. The van der Waals surface area contributed by atoms with Crippen molar-refractivity contribution in [2.24, 2.45) is 0 Å². The highest BCUT2D eigenvalue weighted by atomic mass is 35.5. The molecule has 1 saturated heterocycles. The Bertz CT molecular complexity index is 804. The molecule has 2 atom stereocenters. The van der Waals surface area contributed by atoms with Crippen LogP contribution in [0.15, 0.2) is 60.7 Å². The van der Waals surface area contributed by atoms with Gasteiger partial charge in [0, 0.05) is 0 Å². The lowest BCUT2D eigenvalue weighted by Gasteiger charge is -2.21. The second-order valence-corrected chi connectivity index (χ2v) is 9.12. The molecule has 0 radical (unpaired) electrons. The van der Waals surface area contributed by atoms with Crippen LogP contribution in [0.1, 0.15) is 17.2 Å². The fourth-order valence-electron chi connectivity index (χ4n) is 3.11. The third kappa shape index (κ3) is 4.84. The van der Waals surface area contributed by atoms with E-state index in [4.69, 9.17) is 11.6 Å². The molecule has 2 aromatic carbocycles. The van der Waals surface area contributed by atoms with Crippen molar-refractivity contribution in [1.82, 2.24) is 10.6 Å². The number of nitrogens with one attached hydrogen (secondary N) is 2. The zero-order chi connectivity index (χ0) is 18.6. The van der Waals surface area contributed by atoms with Gasteiger partial charge in [0.2, 0.25) is 5.91 Å². The second-order valence-electron chi connectivity index (χ2n) is 6.40. The number of benzene rings is 2. The Labute approximate surface area is 158 Å². The van der Waals surface area contributed by atoms with Gasteiger partial charge in [-0.25, -0.2) is 8.42 Å². The Morgan fingerprint density at radius 1 is 1.00 bits per heavy atom. The van der Waals surface area contributed by atoms with E-state index in [1.165, 1.54) is 0 Å². The molecule has 5 nitrogen and oxygen atoms in total. The molecule has 1 aliphatic rings. The summed E-state index contributed by atoms with van der Waals surface area (Å²) in [6, 6.07) is 19.0. The molecule has 1 heterocycles. The third-order valence-electron chi connectivity index (χ3n) is 4.36. The van der Waals surface area contributed by atoms with E-state index in [1.54, 1.807) is 0 Å². The molecule has 1 amide bonds. The summed E-state index contributed by atoms with van der Waals surface area (Å²) >= 11 is 6.05. The summed E-state index contributed by atoms with van der Waals surface area (Å²) in [5, 5.41) is 5.41. The van der Waals surface area contributed by atoms with Crippen LogP contribution in [0.5, 0.6) is 0 Å². The summed E-state index contributed by atoms with van der Waals surface area (Å²) < 4.78 is 23.2. The van der Waals surface area contributed by atoms with Crippen LogP contribution in [0.2, 0.25) is 0 Å². The van der Waals surface area contributed by atoms with Gasteiger partial charge >= 0.3 is 0 Å². The van der Waals surface area contributed by atoms with E-state index in [9.17, 15) is 13.2 Å². The van der Waals surface area contributed by atoms with Gasteiger partial charge in [-0.05, 0) is 11.1 Å². The van der Waals surface area contributed by atoms with Crippen molar-refractivity contribution in [3.05, 3.63) is 71.8 Å². The molecule has 26 heavy (non-hydrogen) atoms. The number of carbonyl (C=O) groups excluding carboxylic acids is 1. The van der Waals surface area contributed by atoms with Gasteiger partial charge < -0.3 is 5.32 Å². The molecular formula is C19H21ClN2O3S. The Balaban J connectivity index is 1.66. The molecule has 0 aliphatic carbocycles. The van der Waals surface area contributed by atoms with Gasteiger partial charge in [0.15, 0.2) is 9.84 Å². The molecule has 1 aliphatic heterocycles. The topological polar surface area (TPSA) is 75.3 Å². The molecule has 3 rings (SSSR count). The number of sulfone groups is 1. The normalized spacial score (nSPS) is 21.6. The quantitative estimate of drug-likeness (QED) is 0.736. The van der Waals surface area contributed by atoms with E-state index in [1.807, 2.05) is 60.7 Å². The van der Waals surface area contributed by atoms with E-state index >= 15 is 0 Å². The maximum Gasteiger partial charge on any atom is 0.234 e. The summed E-state index contributed by atoms with van der Waals surface area (Å²) in [4.78, 5) is 12.3. The van der Waals surface area contributed by atoms with E-state index < -0.39 is 21.3 Å². The minimum absolute atomic E-state index is 0.0641. The standard InChI is InChI=1S/C19H21ClN2O3S/c20-16-12-26(24,25)13-17(16)22-18(23)11-21-19(14-7-3-1-4-8-14)15-9-5-2-6-10-15/h1-10,16-17,19,21H,11-13H2,(H,22,23)/t16-,17-/m1/s1. The lowest BCUT2D eigenvalue weighted by atomic mass is 9.99. The Hall–Kier alpha value is -1.89. The molecule has 0 bridgehead atoms. The van der Waals surface area contributed by atoms with Crippen molar-refractivity contribution in [3.8, 4) is 0 Å². The van der Waals surface area contributed by atoms with Crippen molar-refractivity contribution in [2.75, 3.05) is 18.1 Å². The van der Waals surface area contributed by atoms with Crippen LogP contribution in [0.4, 0.5) is 0 Å². The molecule has 2 aromatic rings. The van der Waals surface area contributed by atoms with Gasteiger partial charge in [-0.3, -0.25) is 10.1 Å². The van der Waals surface area contributed by atoms with E-state index in [0.29, 0.717) is 0 Å². The van der Waals surface area contributed by atoms with Crippen molar-refractivity contribution < 1.29 is 13.2 Å². The molecule has 138 valence electrons. The molecule has 7 heteroatoms. The first-order valence-corrected chi connectivity index (χ1v) is 10.7. The summed E-state index contributed by atoms with van der Waals surface area (Å²) in [6.07, 6.45) is 0. The van der Waals surface area contributed by atoms with Crippen LogP contribution < -0.4 is 10.6 Å². The Morgan fingerprint density at radius 2 is 1.54 bits per heavy atom. The van der Waals surface area contributed by atoms with Gasteiger partial charge in [0.1, 0.15) is 0 Å². The predicted octanol–water partition coefficient (Wildman–Crippen LogP) is 1.89. The van der Waals surface area contributed by atoms with Crippen molar-refractivity contribution in [1.29, 1.82) is 0 Å². The number of amides is 1. The van der Waals surface area contributed by atoms with Crippen LogP contribution in [0, 0.1) is 0 Å². The Morgan fingerprint density at radius 3 is 2.00 bits per heavy atom. The van der Waals surface area contributed by atoms with Crippen LogP contribution in [0.3, 0.4) is 0 Å². The molecular weight excluding hydrogens is 372 g/mol. The minimum Gasteiger partial charge on any atom is -0.350 e. The summed E-state index contributed by atoms with van der Waals surface area (Å²) in [7, 11) is -3.17. The number of carbonyl (C=O) groups is 1.